The fraction of sp³-hybridized carbons (Fsp3) is 0.440. The molecule has 0 heterocycles. The standard InChI is InChI=1S/C25H34N2O2S/c1-4-17-26-25(29)23(5-2)27(18-15-21-9-7-6-8-10-21)24(28)16-19-30-22-13-11-20(3)12-14-22/h6-14,23H,4-5,15-19H2,1-3H3,(H,26,29). The van der Waals surface area contributed by atoms with Crippen LogP contribution in [0.2, 0.25) is 0 Å². The highest BCUT2D eigenvalue weighted by atomic mass is 32.2. The lowest BCUT2D eigenvalue weighted by Gasteiger charge is -2.30. The Morgan fingerprint density at radius 1 is 1.03 bits per heavy atom. The minimum atomic E-state index is -0.419. The van der Waals surface area contributed by atoms with E-state index in [4.69, 9.17) is 0 Å². The number of carbonyl (C=O) groups excluding carboxylic acids is 2. The number of rotatable bonds is 12. The molecule has 0 saturated heterocycles. The number of nitrogens with zero attached hydrogens (tertiary/aromatic N) is 1. The van der Waals surface area contributed by atoms with Gasteiger partial charge in [-0.25, -0.2) is 0 Å². The Morgan fingerprint density at radius 2 is 1.73 bits per heavy atom. The van der Waals surface area contributed by atoms with Crippen LogP contribution < -0.4 is 5.32 Å². The molecule has 1 unspecified atom stereocenters. The number of aryl methyl sites for hydroxylation is 1. The van der Waals surface area contributed by atoms with Crippen LogP contribution in [-0.2, 0) is 16.0 Å². The van der Waals surface area contributed by atoms with E-state index in [0.717, 1.165) is 17.7 Å². The first-order valence-corrected chi connectivity index (χ1v) is 11.8. The monoisotopic (exact) mass is 426 g/mol. The van der Waals surface area contributed by atoms with Crippen molar-refractivity contribution in [2.75, 3.05) is 18.8 Å². The first-order valence-electron chi connectivity index (χ1n) is 10.9. The highest BCUT2D eigenvalue weighted by molar-refractivity contribution is 7.99. The molecule has 0 fully saturated rings. The second-order valence-corrected chi connectivity index (χ2v) is 8.62. The van der Waals surface area contributed by atoms with E-state index in [1.165, 1.54) is 11.1 Å². The van der Waals surface area contributed by atoms with Gasteiger partial charge in [0.05, 0.1) is 0 Å². The summed E-state index contributed by atoms with van der Waals surface area (Å²) in [6.07, 6.45) is 2.66. The van der Waals surface area contributed by atoms with E-state index in [-0.39, 0.29) is 11.8 Å². The molecule has 2 aromatic carbocycles. The second kappa shape index (κ2) is 13.1. The van der Waals surface area contributed by atoms with Gasteiger partial charge in [0.15, 0.2) is 0 Å². The Labute approximate surface area is 185 Å². The summed E-state index contributed by atoms with van der Waals surface area (Å²) in [5.74, 6) is 0.701. The molecule has 2 aromatic rings. The number of nitrogens with one attached hydrogen (secondary N) is 1. The Balaban J connectivity index is 2.02. The summed E-state index contributed by atoms with van der Waals surface area (Å²) in [6, 6.07) is 18.1. The molecule has 0 aliphatic heterocycles. The van der Waals surface area contributed by atoms with Crippen molar-refractivity contribution in [3.8, 4) is 0 Å². The van der Waals surface area contributed by atoms with Crippen molar-refractivity contribution in [2.45, 2.75) is 57.4 Å². The summed E-state index contributed by atoms with van der Waals surface area (Å²) in [5, 5.41) is 2.97. The molecule has 0 saturated carbocycles. The van der Waals surface area contributed by atoms with Gasteiger partial charge in [0, 0.05) is 30.2 Å². The van der Waals surface area contributed by atoms with Crippen molar-refractivity contribution < 1.29 is 9.59 Å². The lowest BCUT2D eigenvalue weighted by Crippen LogP contribution is -2.50. The number of amides is 2. The highest BCUT2D eigenvalue weighted by Crippen LogP contribution is 2.20. The minimum Gasteiger partial charge on any atom is -0.354 e. The Kier molecular flexibility index (Phi) is 10.5. The maximum atomic E-state index is 13.1. The van der Waals surface area contributed by atoms with E-state index in [9.17, 15) is 9.59 Å². The van der Waals surface area contributed by atoms with Gasteiger partial charge in [-0.1, -0.05) is 61.9 Å². The normalized spacial score (nSPS) is 11.7. The first-order chi connectivity index (χ1) is 14.5. The van der Waals surface area contributed by atoms with Gasteiger partial charge in [0.1, 0.15) is 6.04 Å². The van der Waals surface area contributed by atoms with Crippen LogP contribution in [-0.4, -0.2) is 41.6 Å². The van der Waals surface area contributed by atoms with Gasteiger partial charge in [-0.15, -0.1) is 11.8 Å². The summed E-state index contributed by atoms with van der Waals surface area (Å²) in [4.78, 5) is 28.8. The molecule has 0 aliphatic carbocycles. The molecule has 162 valence electrons. The van der Waals surface area contributed by atoms with Gasteiger partial charge in [0.25, 0.3) is 0 Å². The maximum Gasteiger partial charge on any atom is 0.242 e. The van der Waals surface area contributed by atoms with Gasteiger partial charge in [-0.05, 0) is 43.9 Å². The van der Waals surface area contributed by atoms with Crippen LogP contribution in [0, 0.1) is 6.92 Å². The van der Waals surface area contributed by atoms with Gasteiger partial charge in [0.2, 0.25) is 11.8 Å². The molecule has 0 radical (unpaired) electrons. The molecule has 0 aliphatic rings. The van der Waals surface area contributed by atoms with Crippen molar-refractivity contribution in [3.63, 3.8) is 0 Å². The topological polar surface area (TPSA) is 49.4 Å². The molecule has 5 heteroatoms. The Hall–Kier alpha value is -2.27. The van der Waals surface area contributed by atoms with E-state index in [0.29, 0.717) is 31.7 Å². The fourth-order valence-corrected chi connectivity index (χ4v) is 4.14. The molecule has 1 atom stereocenters. The number of thioether (sulfide) groups is 1. The zero-order chi connectivity index (χ0) is 21.8. The van der Waals surface area contributed by atoms with Crippen molar-refractivity contribution >= 4 is 23.6 Å². The third-order valence-electron chi connectivity index (χ3n) is 5.02. The molecule has 30 heavy (non-hydrogen) atoms. The van der Waals surface area contributed by atoms with Gasteiger partial charge in [-0.2, -0.15) is 0 Å². The summed E-state index contributed by atoms with van der Waals surface area (Å²) in [6.45, 7) is 7.26. The highest BCUT2D eigenvalue weighted by Gasteiger charge is 2.27. The number of carbonyl (C=O) groups is 2. The van der Waals surface area contributed by atoms with Crippen molar-refractivity contribution in [2.24, 2.45) is 0 Å². The third-order valence-corrected chi connectivity index (χ3v) is 6.04. The third kappa shape index (κ3) is 7.86. The largest absolute Gasteiger partial charge is 0.354 e. The lowest BCUT2D eigenvalue weighted by molar-refractivity contribution is -0.140. The van der Waals surface area contributed by atoms with Gasteiger partial charge >= 0.3 is 0 Å². The molecular formula is C25H34N2O2S. The van der Waals surface area contributed by atoms with E-state index in [1.807, 2.05) is 32.0 Å². The fourth-order valence-electron chi connectivity index (χ4n) is 3.30. The van der Waals surface area contributed by atoms with Crippen molar-refractivity contribution in [1.29, 1.82) is 0 Å². The van der Waals surface area contributed by atoms with Crippen LogP contribution in [0.1, 0.15) is 44.2 Å². The molecule has 0 aromatic heterocycles. The molecule has 1 N–H and O–H groups in total. The smallest absolute Gasteiger partial charge is 0.242 e. The maximum absolute atomic E-state index is 13.1. The Morgan fingerprint density at radius 3 is 2.37 bits per heavy atom. The van der Waals surface area contributed by atoms with Crippen LogP contribution in [0.15, 0.2) is 59.5 Å². The van der Waals surface area contributed by atoms with Crippen LogP contribution in [0.25, 0.3) is 0 Å². The second-order valence-electron chi connectivity index (χ2n) is 7.45. The molecule has 0 bridgehead atoms. The molecule has 2 amide bonds. The van der Waals surface area contributed by atoms with E-state index >= 15 is 0 Å². The summed E-state index contributed by atoms with van der Waals surface area (Å²) >= 11 is 1.68. The quantitative estimate of drug-likeness (QED) is 0.494. The summed E-state index contributed by atoms with van der Waals surface area (Å²) < 4.78 is 0. The minimum absolute atomic E-state index is 0.0454. The number of hydrogen-bond donors (Lipinski definition) is 1. The van der Waals surface area contributed by atoms with Crippen LogP contribution in [0.5, 0.6) is 0 Å². The predicted molar refractivity (Wildman–Crippen MR) is 126 cm³/mol. The van der Waals surface area contributed by atoms with Crippen LogP contribution in [0.4, 0.5) is 0 Å². The zero-order valence-electron chi connectivity index (χ0n) is 18.4. The van der Waals surface area contributed by atoms with Crippen molar-refractivity contribution in [1.82, 2.24) is 10.2 Å². The average Bonchev–Trinajstić information content (AvgIpc) is 2.77. The van der Waals surface area contributed by atoms with Crippen LogP contribution >= 0.6 is 11.8 Å². The van der Waals surface area contributed by atoms with E-state index in [1.54, 1.807) is 16.7 Å². The molecule has 2 rings (SSSR count). The average molecular weight is 427 g/mol. The first kappa shape index (κ1) is 24.0. The van der Waals surface area contributed by atoms with E-state index in [2.05, 4.69) is 48.6 Å². The molecular weight excluding hydrogens is 392 g/mol. The van der Waals surface area contributed by atoms with Crippen molar-refractivity contribution in [3.05, 3.63) is 65.7 Å². The van der Waals surface area contributed by atoms with Crippen LogP contribution in [0.3, 0.4) is 0 Å². The van der Waals surface area contributed by atoms with Gasteiger partial charge in [-0.3, -0.25) is 9.59 Å². The SMILES string of the molecule is CCCNC(=O)C(CC)N(CCc1ccccc1)C(=O)CCSc1ccc(C)cc1. The number of benzene rings is 2. The molecule has 4 nitrogen and oxygen atoms in total. The Bertz CT molecular complexity index is 777. The van der Waals surface area contributed by atoms with E-state index < -0.39 is 6.04 Å². The lowest BCUT2D eigenvalue weighted by atomic mass is 10.1. The predicted octanol–water partition coefficient (Wildman–Crippen LogP) is 4.85. The summed E-state index contributed by atoms with van der Waals surface area (Å²) in [5.41, 5.74) is 2.40. The molecule has 0 spiro atoms. The van der Waals surface area contributed by atoms with Gasteiger partial charge < -0.3 is 10.2 Å². The zero-order valence-corrected chi connectivity index (χ0v) is 19.2. The summed E-state index contributed by atoms with van der Waals surface area (Å²) in [7, 11) is 0. The number of hydrogen-bond acceptors (Lipinski definition) is 3.